The first-order valence-electron chi connectivity index (χ1n) is 10.5. The Morgan fingerprint density at radius 3 is 2.36 bits per heavy atom. The molecule has 0 bridgehead atoms. The molecule has 164 valence electrons. The van der Waals surface area contributed by atoms with E-state index in [0.29, 0.717) is 12.3 Å². The average molecular weight is 437 g/mol. The zero-order chi connectivity index (χ0) is 23.0. The van der Waals surface area contributed by atoms with E-state index in [-0.39, 0.29) is 0 Å². The SMILES string of the molecule is Cc1ccc(COc2ccc(/C=N/NC(=O)C(=O)Nc3cccc4ccccc34)cc2)cc1. The molecule has 0 saturated heterocycles. The Bertz CT molecular complexity index is 1290. The quantitative estimate of drug-likeness (QED) is 0.258. The molecule has 0 radical (unpaired) electrons. The summed E-state index contributed by atoms with van der Waals surface area (Å²) in [6.45, 7) is 2.53. The van der Waals surface area contributed by atoms with E-state index in [0.717, 1.165) is 27.6 Å². The van der Waals surface area contributed by atoms with Crippen LogP contribution < -0.4 is 15.5 Å². The summed E-state index contributed by atoms with van der Waals surface area (Å²) in [5.41, 5.74) is 5.88. The van der Waals surface area contributed by atoms with Crippen molar-refractivity contribution in [3.05, 3.63) is 108 Å². The molecule has 6 nitrogen and oxygen atoms in total. The lowest BCUT2D eigenvalue weighted by Gasteiger charge is -2.08. The van der Waals surface area contributed by atoms with Crippen LogP contribution in [-0.4, -0.2) is 18.0 Å². The molecule has 2 N–H and O–H groups in total. The van der Waals surface area contributed by atoms with Gasteiger partial charge < -0.3 is 10.1 Å². The number of hydrogen-bond donors (Lipinski definition) is 2. The standard InChI is InChI=1S/C27H23N3O3/c1-19-9-11-21(12-10-19)18-33-23-15-13-20(14-16-23)17-28-30-27(32)26(31)29-25-8-4-6-22-5-2-3-7-24(22)25/h2-17H,18H2,1H3,(H,29,31)(H,30,32)/b28-17+. The molecule has 4 rings (SSSR count). The van der Waals surface area contributed by atoms with Gasteiger partial charge in [-0.2, -0.15) is 5.10 Å². The number of benzene rings is 4. The van der Waals surface area contributed by atoms with Crippen molar-refractivity contribution < 1.29 is 14.3 Å². The third-order valence-corrected chi connectivity index (χ3v) is 5.03. The van der Waals surface area contributed by atoms with Crippen LogP contribution in [0.25, 0.3) is 10.8 Å². The van der Waals surface area contributed by atoms with Crippen molar-refractivity contribution in [1.82, 2.24) is 5.43 Å². The molecular weight excluding hydrogens is 414 g/mol. The van der Waals surface area contributed by atoms with Gasteiger partial charge in [-0.1, -0.05) is 66.2 Å². The first kappa shape index (κ1) is 21.8. The van der Waals surface area contributed by atoms with Gasteiger partial charge >= 0.3 is 11.8 Å². The number of carbonyl (C=O) groups excluding carboxylic acids is 2. The number of rotatable bonds is 6. The number of hydrazone groups is 1. The van der Waals surface area contributed by atoms with Gasteiger partial charge in [0.15, 0.2) is 0 Å². The number of anilines is 1. The number of fused-ring (bicyclic) bond motifs is 1. The minimum Gasteiger partial charge on any atom is -0.489 e. The number of aryl methyl sites for hydroxylation is 1. The van der Waals surface area contributed by atoms with E-state index >= 15 is 0 Å². The molecule has 0 atom stereocenters. The molecule has 33 heavy (non-hydrogen) atoms. The van der Waals surface area contributed by atoms with Gasteiger partial charge in [-0.05, 0) is 53.8 Å². The van der Waals surface area contributed by atoms with Gasteiger partial charge in [0.1, 0.15) is 12.4 Å². The largest absolute Gasteiger partial charge is 0.489 e. The Morgan fingerprint density at radius 1 is 0.848 bits per heavy atom. The lowest BCUT2D eigenvalue weighted by atomic mass is 10.1. The summed E-state index contributed by atoms with van der Waals surface area (Å²) in [4.78, 5) is 24.3. The second-order valence-electron chi connectivity index (χ2n) is 7.52. The number of amides is 2. The highest BCUT2D eigenvalue weighted by Gasteiger charge is 2.14. The zero-order valence-electron chi connectivity index (χ0n) is 18.1. The lowest BCUT2D eigenvalue weighted by Crippen LogP contribution is -2.32. The van der Waals surface area contributed by atoms with Crippen molar-refractivity contribution in [2.24, 2.45) is 5.10 Å². The maximum absolute atomic E-state index is 12.2. The molecule has 0 unspecified atom stereocenters. The Labute approximate surface area is 191 Å². The van der Waals surface area contributed by atoms with Crippen LogP contribution in [0, 0.1) is 6.92 Å². The van der Waals surface area contributed by atoms with Crippen molar-refractivity contribution in [2.45, 2.75) is 13.5 Å². The molecule has 2 amide bonds. The van der Waals surface area contributed by atoms with Gasteiger partial charge in [0.05, 0.1) is 6.21 Å². The van der Waals surface area contributed by atoms with Crippen LogP contribution in [0.15, 0.2) is 96.1 Å². The van der Waals surface area contributed by atoms with Crippen molar-refractivity contribution in [1.29, 1.82) is 0 Å². The van der Waals surface area contributed by atoms with Crippen molar-refractivity contribution in [3.8, 4) is 5.75 Å². The van der Waals surface area contributed by atoms with Crippen LogP contribution in [0.4, 0.5) is 5.69 Å². The van der Waals surface area contributed by atoms with Crippen LogP contribution in [0.5, 0.6) is 5.75 Å². The Morgan fingerprint density at radius 2 is 1.58 bits per heavy atom. The lowest BCUT2D eigenvalue weighted by molar-refractivity contribution is -0.136. The normalized spacial score (nSPS) is 10.8. The van der Waals surface area contributed by atoms with E-state index in [1.54, 1.807) is 6.07 Å². The topological polar surface area (TPSA) is 79.8 Å². The van der Waals surface area contributed by atoms with E-state index in [9.17, 15) is 9.59 Å². The summed E-state index contributed by atoms with van der Waals surface area (Å²) >= 11 is 0. The average Bonchev–Trinajstić information content (AvgIpc) is 2.84. The van der Waals surface area contributed by atoms with Gasteiger partial charge in [-0.15, -0.1) is 0 Å². The first-order valence-corrected chi connectivity index (χ1v) is 10.5. The fourth-order valence-electron chi connectivity index (χ4n) is 3.23. The molecule has 0 aliphatic carbocycles. The van der Waals surface area contributed by atoms with E-state index in [1.165, 1.54) is 11.8 Å². The Hall–Kier alpha value is -4.45. The van der Waals surface area contributed by atoms with Crippen LogP contribution in [0.3, 0.4) is 0 Å². The molecule has 0 fully saturated rings. The van der Waals surface area contributed by atoms with Crippen LogP contribution in [0.2, 0.25) is 0 Å². The van der Waals surface area contributed by atoms with Gasteiger partial charge in [-0.25, -0.2) is 5.43 Å². The molecule has 0 aliphatic heterocycles. The maximum Gasteiger partial charge on any atom is 0.329 e. The third kappa shape index (κ3) is 5.83. The number of carbonyl (C=O) groups is 2. The zero-order valence-corrected chi connectivity index (χ0v) is 18.1. The number of hydrogen-bond acceptors (Lipinski definition) is 4. The molecule has 0 heterocycles. The second-order valence-corrected chi connectivity index (χ2v) is 7.52. The fourth-order valence-corrected chi connectivity index (χ4v) is 3.23. The Kier molecular flexibility index (Phi) is 6.75. The molecular formula is C27H23N3O3. The van der Waals surface area contributed by atoms with Crippen LogP contribution >= 0.6 is 0 Å². The molecule has 6 heteroatoms. The third-order valence-electron chi connectivity index (χ3n) is 5.03. The highest BCUT2D eigenvalue weighted by atomic mass is 16.5. The summed E-state index contributed by atoms with van der Waals surface area (Å²) in [5.74, 6) is -0.910. The smallest absolute Gasteiger partial charge is 0.329 e. The predicted octanol–water partition coefficient (Wildman–Crippen LogP) is 4.82. The molecule has 0 aliphatic rings. The van der Waals surface area contributed by atoms with E-state index in [2.05, 4.69) is 28.0 Å². The minimum absolute atomic E-state index is 0.482. The highest BCUT2D eigenvalue weighted by molar-refractivity contribution is 6.40. The highest BCUT2D eigenvalue weighted by Crippen LogP contribution is 2.22. The second kappa shape index (κ2) is 10.2. The maximum atomic E-state index is 12.2. The van der Waals surface area contributed by atoms with Crippen molar-refractivity contribution in [2.75, 3.05) is 5.32 Å². The van der Waals surface area contributed by atoms with Gasteiger partial charge in [0.25, 0.3) is 0 Å². The van der Waals surface area contributed by atoms with Gasteiger partial charge in [0.2, 0.25) is 0 Å². The number of ether oxygens (including phenoxy) is 1. The van der Waals surface area contributed by atoms with E-state index in [1.807, 2.05) is 79.7 Å². The molecule has 0 saturated carbocycles. The summed E-state index contributed by atoms with van der Waals surface area (Å²) in [5, 5.41) is 8.33. The van der Waals surface area contributed by atoms with Gasteiger partial charge in [0, 0.05) is 11.1 Å². The van der Waals surface area contributed by atoms with E-state index < -0.39 is 11.8 Å². The van der Waals surface area contributed by atoms with Crippen LogP contribution in [-0.2, 0) is 16.2 Å². The van der Waals surface area contributed by atoms with Crippen molar-refractivity contribution in [3.63, 3.8) is 0 Å². The molecule has 0 spiro atoms. The molecule has 4 aromatic rings. The van der Waals surface area contributed by atoms with Crippen LogP contribution in [0.1, 0.15) is 16.7 Å². The van der Waals surface area contributed by atoms with E-state index in [4.69, 9.17) is 4.74 Å². The Balaban J connectivity index is 1.28. The summed E-state index contributed by atoms with van der Waals surface area (Å²) < 4.78 is 5.78. The summed E-state index contributed by atoms with van der Waals surface area (Å²) in [6.07, 6.45) is 1.47. The number of nitrogens with zero attached hydrogens (tertiary/aromatic N) is 1. The summed E-state index contributed by atoms with van der Waals surface area (Å²) in [6, 6.07) is 28.6. The molecule has 0 aromatic heterocycles. The first-order chi connectivity index (χ1) is 16.1. The predicted molar refractivity (Wildman–Crippen MR) is 130 cm³/mol. The monoisotopic (exact) mass is 437 g/mol. The van der Waals surface area contributed by atoms with Crippen molar-refractivity contribution >= 4 is 34.5 Å². The minimum atomic E-state index is -0.850. The molecule has 4 aromatic carbocycles. The summed E-state index contributed by atoms with van der Waals surface area (Å²) in [7, 11) is 0. The fraction of sp³-hybridized carbons (Fsp3) is 0.0741. The number of nitrogens with one attached hydrogen (secondary N) is 2. The van der Waals surface area contributed by atoms with Gasteiger partial charge in [-0.3, -0.25) is 9.59 Å².